The quantitative estimate of drug-likeness (QED) is 0.772. The summed E-state index contributed by atoms with van der Waals surface area (Å²) < 4.78 is 0. The van der Waals surface area contributed by atoms with Crippen LogP contribution in [0.4, 0.5) is 0 Å². The average Bonchev–Trinajstić information content (AvgIpc) is 2.40. The summed E-state index contributed by atoms with van der Waals surface area (Å²) in [7, 11) is 0. The first kappa shape index (κ1) is 12.9. The molecule has 3 rings (SSSR count). The Hall–Kier alpha value is -0.540. The lowest BCUT2D eigenvalue weighted by Crippen LogP contribution is -2.32. The molecule has 2 bridgehead atoms. The van der Waals surface area contributed by atoms with E-state index in [1.165, 1.54) is 24.0 Å². The smallest absolute Gasteiger partial charge is 0.115 e. The van der Waals surface area contributed by atoms with E-state index >= 15 is 0 Å². The summed E-state index contributed by atoms with van der Waals surface area (Å²) in [5.74, 6) is 1.18. The Morgan fingerprint density at radius 3 is 3.06 bits per heavy atom. The van der Waals surface area contributed by atoms with E-state index in [9.17, 15) is 5.11 Å². The molecule has 3 heteroatoms. The highest BCUT2D eigenvalue weighted by atomic mass is 79.9. The zero-order valence-corrected chi connectivity index (χ0v) is 11.9. The van der Waals surface area contributed by atoms with Crippen LogP contribution in [0, 0.1) is 5.92 Å². The predicted octanol–water partition coefficient (Wildman–Crippen LogP) is 2.78. The molecule has 1 fully saturated rings. The van der Waals surface area contributed by atoms with Crippen molar-refractivity contribution in [1.29, 1.82) is 0 Å². The van der Waals surface area contributed by atoms with Crippen LogP contribution in [0.1, 0.15) is 30.9 Å². The van der Waals surface area contributed by atoms with E-state index in [1.807, 2.05) is 12.1 Å². The molecule has 2 atom stereocenters. The van der Waals surface area contributed by atoms with Crippen molar-refractivity contribution < 1.29 is 5.11 Å². The Morgan fingerprint density at radius 2 is 2.24 bits per heavy atom. The lowest BCUT2D eigenvalue weighted by atomic mass is 9.66. The highest BCUT2D eigenvalue weighted by molar-refractivity contribution is 8.93. The SMILES string of the molecule is Br.C[C@]12CCNCC(Cc3ccc(O)cc31)C2. The first-order valence-corrected chi connectivity index (χ1v) is 6.20. The van der Waals surface area contributed by atoms with Crippen molar-refractivity contribution in [3.05, 3.63) is 29.3 Å². The molecule has 0 saturated carbocycles. The van der Waals surface area contributed by atoms with Gasteiger partial charge in [-0.05, 0) is 66.9 Å². The predicted molar refractivity (Wildman–Crippen MR) is 75.1 cm³/mol. The first-order chi connectivity index (χ1) is 7.67. The molecule has 1 aliphatic heterocycles. The maximum Gasteiger partial charge on any atom is 0.115 e. The first-order valence-electron chi connectivity index (χ1n) is 6.20. The van der Waals surface area contributed by atoms with Gasteiger partial charge in [0.05, 0.1) is 0 Å². The van der Waals surface area contributed by atoms with E-state index in [4.69, 9.17) is 0 Å². The number of benzene rings is 1. The molecule has 2 aliphatic rings. The van der Waals surface area contributed by atoms with E-state index in [2.05, 4.69) is 18.3 Å². The second kappa shape index (κ2) is 4.62. The lowest BCUT2D eigenvalue weighted by Gasteiger charge is -2.38. The van der Waals surface area contributed by atoms with Crippen LogP contribution in [-0.2, 0) is 11.8 Å². The van der Waals surface area contributed by atoms with Crippen LogP contribution < -0.4 is 5.32 Å². The normalized spacial score (nSPS) is 31.0. The van der Waals surface area contributed by atoms with Crippen LogP contribution in [0.2, 0.25) is 0 Å². The second-order valence-corrected chi connectivity index (χ2v) is 5.63. The van der Waals surface area contributed by atoms with Gasteiger partial charge in [0.15, 0.2) is 0 Å². The van der Waals surface area contributed by atoms with E-state index < -0.39 is 0 Å². The second-order valence-electron chi connectivity index (χ2n) is 5.63. The molecular formula is C14H20BrNO. The van der Waals surface area contributed by atoms with Crippen molar-refractivity contribution in [2.45, 2.75) is 31.6 Å². The van der Waals surface area contributed by atoms with Crippen molar-refractivity contribution in [1.82, 2.24) is 5.32 Å². The van der Waals surface area contributed by atoms with Gasteiger partial charge in [0.1, 0.15) is 5.75 Å². The van der Waals surface area contributed by atoms with Gasteiger partial charge < -0.3 is 10.4 Å². The maximum absolute atomic E-state index is 9.65. The molecule has 1 aliphatic carbocycles. The van der Waals surface area contributed by atoms with Crippen LogP contribution in [0.3, 0.4) is 0 Å². The zero-order valence-electron chi connectivity index (χ0n) is 10.2. The highest BCUT2D eigenvalue weighted by Crippen LogP contribution is 2.44. The number of hydrogen-bond donors (Lipinski definition) is 2. The van der Waals surface area contributed by atoms with Crippen molar-refractivity contribution in [2.24, 2.45) is 5.92 Å². The average molecular weight is 298 g/mol. The van der Waals surface area contributed by atoms with Gasteiger partial charge in [0.25, 0.3) is 0 Å². The largest absolute Gasteiger partial charge is 0.508 e. The molecule has 0 aromatic heterocycles. The highest BCUT2D eigenvalue weighted by Gasteiger charge is 2.37. The summed E-state index contributed by atoms with van der Waals surface area (Å²) in [5.41, 5.74) is 3.09. The summed E-state index contributed by atoms with van der Waals surface area (Å²) in [4.78, 5) is 0. The topological polar surface area (TPSA) is 32.3 Å². The number of rotatable bonds is 0. The Kier molecular flexibility index (Phi) is 3.50. The van der Waals surface area contributed by atoms with Crippen LogP contribution >= 0.6 is 17.0 Å². The van der Waals surface area contributed by atoms with Gasteiger partial charge in [0, 0.05) is 0 Å². The summed E-state index contributed by atoms with van der Waals surface area (Å²) >= 11 is 0. The third kappa shape index (κ3) is 2.23. The van der Waals surface area contributed by atoms with Crippen LogP contribution in [0.25, 0.3) is 0 Å². The standard InChI is InChI=1S/C14H19NO.BrH/c1-14-4-5-15-9-10(8-14)6-11-2-3-12(16)7-13(11)14;/h2-3,7,10,15-16H,4-6,8-9H2,1H3;1H/t10?,14-;/m1./s1. The van der Waals surface area contributed by atoms with Gasteiger partial charge in [-0.25, -0.2) is 0 Å². The number of halogens is 1. The van der Waals surface area contributed by atoms with Crippen molar-refractivity contribution >= 4 is 17.0 Å². The number of phenols is 1. The molecule has 1 unspecified atom stereocenters. The number of phenolic OH excluding ortho intramolecular Hbond substituents is 1. The molecule has 1 aromatic carbocycles. The number of aromatic hydroxyl groups is 1. The summed E-state index contributed by atoms with van der Waals surface area (Å²) in [6.07, 6.45) is 3.61. The number of hydrogen-bond acceptors (Lipinski definition) is 2. The van der Waals surface area contributed by atoms with Crippen molar-refractivity contribution in [2.75, 3.05) is 13.1 Å². The zero-order chi connectivity index (χ0) is 11.2. The van der Waals surface area contributed by atoms with E-state index in [-0.39, 0.29) is 22.4 Å². The summed E-state index contributed by atoms with van der Waals surface area (Å²) in [6, 6.07) is 5.92. The lowest BCUT2D eigenvalue weighted by molar-refractivity contribution is 0.322. The van der Waals surface area contributed by atoms with Gasteiger partial charge >= 0.3 is 0 Å². The molecular weight excluding hydrogens is 278 g/mol. The fourth-order valence-corrected chi connectivity index (χ4v) is 3.49. The molecule has 1 aromatic rings. The molecule has 0 amide bonds. The van der Waals surface area contributed by atoms with Gasteiger partial charge in [-0.3, -0.25) is 0 Å². The van der Waals surface area contributed by atoms with E-state index in [0.717, 1.165) is 25.4 Å². The van der Waals surface area contributed by atoms with Crippen molar-refractivity contribution in [3.63, 3.8) is 0 Å². The van der Waals surface area contributed by atoms with Crippen LogP contribution in [0.5, 0.6) is 5.75 Å². The Labute approximate surface area is 113 Å². The summed E-state index contributed by atoms with van der Waals surface area (Å²) in [6.45, 7) is 4.60. The maximum atomic E-state index is 9.65. The number of nitrogens with one attached hydrogen (secondary N) is 1. The fourth-order valence-electron chi connectivity index (χ4n) is 3.49. The Balaban J connectivity index is 0.00000108. The molecule has 1 saturated heterocycles. The Morgan fingerprint density at radius 1 is 1.41 bits per heavy atom. The minimum atomic E-state index is 0. The number of fused-ring (bicyclic) bond motifs is 4. The van der Waals surface area contributed by atoms with Gasteiger partial charge in [-0.15, -0.1) is 17.0 Å². The molecule has 0 radical (unpaired) electrons. The van der Waals surface area contributed by atoms with Gasteiger partial charge in [-0.2, -0.15) is 0 Å². The molecule has 0 spiro atoms. The molecule has 2 N–H and O–H groups in total. The molecule has 94 valence electrons. The van der Waals surface area contributed by atoms with E-state index in [0.29, 0.717) is 5.75 Å². The third-order valence-corrected chi connectivity index (χ3v) is 4.28. The summed E-state index contributed by atoms with van der Waals surface area (Å²) in [5, 5.41) is 13.2. The third-order valence-electron chi connectivity index (χ3n) is 4.28. The monoisotopic (exact) mass is 297 g/mol. The van der Waals surface area contributed by atoms with Crippen LogP contribution in [0.15, 0.2) is 18.2 Å². The van der Waals surface area contributed by atoms with Crippen LogP contribution in [-0.4, -0.2) is 18.2 Å². The minimum absolute atomic E-state index is 0. The Bertz CT molecular complexity index is 421. The molecule has 1 heterocycles. The fraction of sp³-hybridized carbons (Fsp3) is 0.571. The van der Waals surface area contributed by atoms with E-state index in [1.54, 1.807) is 0 Å². The minimum Gasteiger partial charge on any atom is -0.508 e. The van der Waals surface area contributed by atoms with Crippen molar-refractivity contribution in [3.8, 4) is 5.75 Å². The van der Waals surface area contributed by atoms with Gasteiger partial charge in [0.2, 0.25) is 0 Å². The van der Waals surface area contributed by atoms with Gasteiger partial charge in [-0.1, -0.05) is 13.0 Å². The molecule has 2 nitrogen and oxygen atoms in total. The molecule has 17 heavy (non-hydrogen) atoms.